The Bertz CT molecular complexity index is 579. The normalized spacial score (nSPS) is 10.9. The van der Waals surface area contributed by atoms with Gasteiger partial charge in [-0.25, -0.2) is 9.59 Å². The average Bonchev–Trinajstić information content (AvgIpc) is 2.67. The summed E-state index contributed by atoms with van der Waals surface area (Å²) in [5.41, 5.74) is 0.766. The van der Waals surface area contributed by atoms with Crippen LogP contribution in [0.1, 0.15) is 57.5 Å². The Morgan fingerprint density at radius 1 is 0.714 bits per heavy atom. The number of aliphatic hydroxyl groups excluding tert-OH is 2. The number of hydrogen-bond acceptors (Lipinski definition) is 6. The summed E-state index contributed by atoms with van der Waals surface area (Å²) >= 11 is 0. The lowest BCUT2D eigenvalue weighted by Gasteiger charge is -2.13. The zero-order valence-electron chi connectivity index (χ0n) is 16.1. The Labute approximate surface area is 164 Å². The van der Waals surface area contributed by atoms with Gasteiger partial charge in [-0.2, -0.15) is 0 Å². The van der Waals surface area contributed by atoms with E-state index in [-0.39, 0.29) is 42.9 Å². The third-order valence-corrected chi connectivity index (χ3v) is 4.20. The van der Waals surface area contributed by atoms with Crippen LogP contribution in [0, 0.1) is 0 Å². The van der Waals surface area contributed by atoms with E-state index >= 15 is 0 Å². The number of carboxylic acids is 2. The van der Waals surface area contributed by atoms with Crippen LogP contribution in [0.5, 0.6) is 0 Å². The van der Waals surface area contributed by atoms with Gasteiger partial charge in [0.15, 0.2) is 0 Å². The summed E-state index contributed by atoms with van der Waals surface area (Å²) in [5.74, 6) is -2.35. The molecule has 0 aliphatic rings. The molecule has 28 heavy (non-hydrogen) atoms. The van der Waals surface area contributed by atoms with Crippen molar-refractivity contribution in [3.63, 3.8) is 0 Å². The van der Waals surface area contributed by atoms with Gasteiger partial charge in [-0.1, -0.05) is 0 Å². The lowest BCUT2D eigenvalue weighted by Crippen LogP contribution is -2.14. The molecular weight excluding hydrogens is 368 g/mol. The first-order valence-electron chi connectivity index (χ1n) is 9.50. The van der Waals surface area contributed by atoms with Crippen molar-refractivity contribution in [2.75, 3.05) is 39.6 Å². The lowest BCUT2D eigenvalue weighted by atomic mass is 9.94. The van der Waals surface area contributed by atoms with Gasteiger partial charge in [0.05, 0.1) is 24.3 Å². The molecule has 0 heterocycles. The third kappa shape index (κ3) is 8.79. The maximum absolute atomic E-state index is 11.7. The summed E-state index contributed by atoms with van der Waals surface area (Å²) in [5, 5.41) is 36.5. The SMILES string of the molecule is O=C(O)c1cc(CCOCCCCO)cc(C(=O)O)c1CCOCCCCO. The number of rotatable bonds is 16. The smallest absolute Gasteiger partial charge is 0.335 e. The maximum atomic E-state index is 11.7. The fraction of sp³-hybridized carbons (Fsp3) is 0.600. The molecule has 0 spiro atoms. The quantitative estimate of drug-likeness (QED) is 0.310. The van der Waals surface area contributed by atoms with E-state index in [1.54, 1.807) is 0 Å². The van der Waals surface area contributed by atoms with Crippen molar-refractivity contribution in [2.24, 2.45) is 0 Å². The van der Waals surface area contributed by atoms with Crippen LogP contribution in [0.15, 0.2) is 12.1 Å². The third-order valence-electron chi connectivity index (χ3n) is 4.20. The molecule has 0 bridgehead atoms. The average molecular weight is 398 g/mol. The van der Waals surface area contributed by atoms with Crippen LogP contribution in [0.25, 0.3) is 0 Å². The molecule has 0 atom stereocenters. The second kappa shape index (κ2) is 14.1. The Morgan fingerprint density at radius 2 is 1.18 bits per heavy atom. The van der Waals surface area contributed by atoms with E-state index < -0.39 is 11.9 Å². The number of carbonyl (C=O) groups is 2. The van der Waals surface area contributed by atoms with Crippen LogP contribution in [0.2, 0.25) is 0 Å². The molecule has 0 aliphatic heterocycles. The van der Waals surface area contributed by atoms with Crippen LogP contribution >= 0.6 is 0 Å². The van der Waals surface area contributed by atoms with Gasteiger partial charge in [-0.3, -0.25) is 0 Å². The highest BCUT2D eigenvalue weighted by Crippen LogP contribution is 2.20. The van der Waals surface area contributed by atoms with Gasteiger partial charge in [-0.15, -0.1) is 0 Å². The standard InChI is InChI=1S/C20H30O8/c21-7-1-3-9-27-11-5-15-13-17(19(23)24)16(18(14-15)20(25)26)6-12-28-10-4-2-8-22/h13-14,21-22H,1-12H2,(H,23,24)(H,25,26). The molecule has 1 aromatic rings. The number of aromatic carboxylic acids is 2. The van der Waals surface area contributed by atoms with Crippen LogP contribution in [-0.4, -0.2) is 72.0 Å². The Hall–Kier alpha value is -2.00. The van der Waals surface area contributed by atoms with Crippen LogP contribution in [0.3, 0.4) is 0 Å². The number of carboxylic acid groups (broad SMARTS) is 2. The molecule has 0 unspecified atom stereocenters. The van der Waals surface area contributed by atoms with E-state index in [1.165, 1.54) is 12.1 Å². The fourth-order valence-electron chi connectivity index (χ4n) is 2.73. The van der Waals surface area contributed by atoms with Crippen LogP contribution in [0.4, 0.5) is 0 Å². The van der Waals surface area contributed by atoms with Gasteiger partial charge in [0.25, 0.3) is 0 Å². The zero-order chi connectivity index (χ0) is 20.8. The highest BCUT2D eigenvalue weighted by Gasteiger charge is 2.20. The highest BCUT2D eigenvalue weighted by molar-refractivity contribution is 5.97. The predicted octanol–water partition coefficient (Wildman–Crippen LogP) is 1.75. The Kier molecular flexibility index (Phi) is 12.1. The molecule has 0 fully saturated rings. The largest absolute Gasteiger partial charge is 0.478 e. The van der Waals surface area contributed by atoms with E-state index in [0.717, 1.165) is 6.42 Å². The summed E-state index contributed by atoms with van der Waals surface area (Å²) in [6, 6.07) is 2.99. The second-order valence-corrected chi connectivity index (χ2v) is 6.37. The van der Waals surface area contributed by atoms with Crippen molar-refractivity contribution in [1.82, 2.24) is 0 Å². The number of hydrogen-bond donors (Lipinski definition) is 4. The maximum Gasteiger partial charge on any atom is 0.335 e. The van der Waals surface area contributed by atoms with Crippen LogP contribution in [-0.2, 0) is 22.3 Å². The first-order chi connectivity index (χ1) is 13.5. The number of aliphatic hydroxyl groups is 2. The van der Waals surface area contributed by atoms with Gasteiger partial charge >= 0.3 is 11.9 Å². The van der Waals surface area contributed by atoms with Crippen LogP contribution < -0.4 is 0 Å². The highest BCUT2D eigenvalue weighted by atomic mass is 16.5. The van der Waals surface area contributed by atoms with Gasteiger partial charge in [0, 0.05) is 26.4 Å². The minimum absolute atomic E-state index is 0.0332. The van der Waals surface area contributed by atoms with Crippen molar-refractivity contribution in [2.45, 2.75) is 38.5 Å². The summed E-state index contributed by atoms with van der Waals surface area (Å²) in [4.78, 5) is 23.3. The summed E-state index contributed by atoms with van der Waals surface area (Å²) in [6.07, 6.45) is 3.28. The summed E-state index contributed by atoms with van der Waals surface area (Å²) in [7, 11) is 0. The Morgan fingerprint density at radius 3 is 1.61 bits per heavy atom. The summed E-state index contributed by atoms with van der Waals surface area (Å²) < 4.78 is 10.9. The summed E-state index contributed by atoms with van der Waals surface area (Å²) in [6.45, 7) is 1.67. The second-order valence-electron chi connectivity index (χ2n) is 6.37. The molecule has 0 aliphatic carbocycles. The molecule has 1 rings (SSSR count). The van der Waals surface area contributed by atoms with Crippen molar-refractivity contribution >= 4 is 11.9 Å². The molecule has 4 N–H and O–H groups in total. The molecule has 0 radical (unpaired) electrons. The van der Waals surface area contributed by atoms with Gasteiger partial charge in [0.1, 0.15) is 0 Å². The minimum Gasteiger partial charge on any atom is -0.478 e. The van der Waals surface area contributed by atoms with Crippen molar-refractivity contribution < 1.29 is 39.5 Å². The van der Waals surface area contributed by atoms with E-state index in [9.17, 15) is 19.8 Å². The van der Waals surface area contributed by atoms with E-state index in [0.29, 0.717) is 51.1 Å². The van der Waals surface area contributed by atoms with Crippen molar-refractivity contribution in [3.8, 4) is 0 Å². The predicted molar refractivity (Wildman–Crippen MR) is 102 cm³/mol. The molecule has 0 aromatic heterocycles. The molecule has 8 heteroatoms. The van der Waals surface area contributed by atoms with Gasteiger partial charge in [-0.05, 0) is 61.8 Å². The molecule has 0 saturated carbocycles. The van der Waals surface area contributed by atoms with Crippen molar-refractivity contribution in [1.29, 1.82) is 0 Å². The Balaban J connectivity index is 2.78. The minimum atomic E-state index is -1.18. The van der Waals surface area contributed by atoms with E-state index in [1.807, 2.05) is 0 Å². The molecule has 0 amide bonds. The number of benzene rings is 1. The monoisotopic (exact) mass is 398 g/mol. The lowest BCUT2D eigenvalue weighted by molar-refractivity contribution is 0.0692. The van der Waals surface area contributed by atoms with Gasteiger partial charge in [0.2, 0.25) is 0 Å². The zero-order valence-corrected chi connectivity index (χ0v) is 16.1. The molecule has 8 nitrogen and oxygen atoms in total. The molecular formula is C20H30O8. The van der Waals surface area contributed by atoms with Gasteiger partial charge < -0.3 is 29.9 Å². The van der Waals surface area contributed by atoms with E-state index in [2.05, 4.69) is 0 Å². The fourth-order valence-corrected chi connectivity index (χ4v) is 2.73. The molecule has 158 valence electrons. The topological polar surface area (TPSA) is 134 Å². The van der Waals surface area contributed by atoms with Crippen molar-refractivity contribution in [3.05, 3.63) is 34.4 Å². The first kappa shape index (κ1) is 24.0. The van der Waals surface area contributed by atoms with E-state index in [4.69, 9.17) is 19.7 Å². The molecule has 1 aromatic carbocycles. The first-order valence-corrected chi connectivity index (χ1v) is 9.50. The number of unbranched alkanes of at least 4 members (excludes halogenated alkanes) is 2. The number of ether oxygens (including phenoxy) is 2. The molecule has 0 saturated heterocycles.